The van der Waals surface area contributed by atoms with Crippen molar-refractivity contribution in [3.05, 3.63) is 95.3 Å². The highest BCUT2D eigenvalue weighted by Gasteiger charge is 2.12. The monoisotopic (exact) mass is 416 g/mol. The highest BCUT2D eigenvalue weighted by Crippen LogP contribution is 2.30. The zero-order valence-electron chi connectivity index (χ0n) is 17.0. The second-order valence-corrected chi connectivity index (χ2v) is 6.54. The SMILES string of the molecule is CCOc1cc(/C=C(/C#N)C(=O)Nc2ccc(F)cc2)ccc1OCc1ccccc1. The summed E-state index contributed by atoms with van der Waals surface area (Å²) >= 11 is 0. The molecule has 3 rings (SSSR count). The Hall–Kier alpha value is -4.11. The molecule has 0 unspecified atom stereocenters. The van der Waals surface area contributed by atoms with E-state index in [1.165, 1.54) is 30.3 Å². The summed E-state index contributed by atoms with van der Waals surface area (Å²) in [5.41, 5.74) is 1.94. The smallest absolute Gasteiger partial charge is 0.266 e. The summed E-state index contributed by atoms with van der Waals surface area (Å²) in [7, 11) is 0. The van der Waals surface area contributed by atoms with E-state index in [1.807, 2.05) is 43.3 Å². The maximum atomic E-state index is 13.0. The molecule has 3 aromatic rings. The highest BCUT2D eigenvalue weighted by atomic mass is 19.1. The largest absolute Gasteiger partial charge is 0.490 e. The highest BCUT2D eigenvalue weighted by molar-refractivity contribution is 6.09. The van der Waals surface area contributed by atoms with Gasteiger partial charge >= 0.3 is 0 Å². The van der Waals surface area contributed by atoms with Crippen molar-refractivity contribution in [3.63, 3.8) is 0 Å². The van der Waals surface area contributed by atoms with Gasteiger partial charge in [0.1, 0.15) is 24.1 Å². The lowest BCUT2D eigenvalue weighted by Gasteiger charge is -2.13. The number of hydrogen-bond acceptors (Lipinski definition) is 4. The van der Waals surface area contributed by atoms with Crippen LogP contribution in [-0.4, -0.2) is 12.5 Å². The van der Waals surface area contributed by atoms with E-state index in [0.717, 1.165) is 5.56 Å². The third-order valence-corrected chi connectivity index (χ3v) is 4.28. The maximum absolute atomic E-state index is 13.0. The number of amides is 1. The molecule has 0 aromatic heterocycles. The van der Waals surface area contributed by atoms with Crippen LogP contribution in [0.4, 0.5) is 10.1 Å². The van der Waals surface area contributed by atoms with Gasteiger partial charge in [-0.3, -0.25) is 4.79 Å². The van der Waals surface area contributed by atoms with Gasteiger partial charge in [-0.25, -0.2) is 4.39 Å². The summed E-state index contributed by atoms with van der Waals surface area (Å²) in [5, 5.41) is 12.0. The number of halogens is 1. The number of carbonyl (C=O) groups excluding carboxylic acids is 1. The Bertz CT molecular complexity index is 1100. The van der Waals surface area contributed by atoms with E-state index in [4.69, 9.17) is 9.47 Å². The van der Waals surface area contributed by atoms with Crippen LogP contribution in [0.2, 0.25) is 0 Å². The number of ether oxygens (including phenoxy) is 2. The van der Waals surface area contributed by atoms with E-state index in [0.29, 0.717) is 36.0 Å². The van der Waals surface area contributed by atoms with Gasteiger partial charge in [-0.1, -0.05) is 36.4 Å². The first-order chi connectivity index (χ1) is 15.1. The molecule has 1 amide bonds. The van der Waals surface area contributed by atoms with Crippen LogP contribution < -0.4 is 14.8 Å². The summed E-state index contributed by atoms with van der Waals surface area (Å²) in [4.78, 5) is 12.4. The normalized spacial score (nSPS) is 10.8. The molecule has 0 spiro atoms. The molecule has 0 saturated heterocycles. The molecule has 0 aliphatic carbocycles. The molecule has 5 nitrogen and oxygen atoms in total. The second kappa shape index (κ2) is 10.6. The van der Waals surface area contributed by atoms with Gasteiger partial charge in [-0.15, -0.1) is 0 Å². The zero-order valence-corrected chi connectivity index (χ0v) is 17.0. The van der Waals surface area contributed by atoms with Crippen molar-refractivity contribution in [3.8, 4) is 17.6 Å². The molecule has 0 fully saturated rings. The first-order valence-electron chi connectivity index (χ1n) is 9.71. The fraction of sp³-hybridized carbons (Fsp3) is 0.120. The summed E-state index contributed by atoms with van der Waals surface area (Å²) in [6, 6.07) is 22.2. The molecule has 0 atom stereocenters. The van der Waals surface area contributed by atoms with Crippen LogP contribution in [-0.2, 0) is 11.4 Å². The second-order valence-electron chi connectivity index (χ2n) is 6.54. The molecule has 156 valence electrons. The van der Waals surface area contributed by atoms with Gasteiger partial charge in [0.25, 0.3) is 5.91 Å². The Morgan fingerprint density at radius 1 is 1.03 bits per heavy atom. The molecule has 0 radical (unpaired) electrons. The van der Waals surface area contributed by atoms with E-state index >= 15 is 0 Å². The third-order valence-electron chi connectivity index (χ3n) is 4.28. The average molecular weight is 416 g/mol. The molecule has 0 heterocycles. The van der Waals surface area contributed by atoms with Gasteiger partial charge in [0.2, 0.25) is 0 Å². The number of benzene rings is 3. The average Bonchev–Trinajstić information content (AvgIpc) is 2.79. The fourth-order valence-corrected chi connectivity index (χ4v) is 2.78. The minimum atomic E-state index is -0.587. The number of nitrogens with one attached hydrogen (secondary N) is 1. The Morgan fingerprint density at radius 3 is 2.45 bits per heavy atom. The van der Waals surface area contributed by atoms with Crippen molar-refractivity contribution >= 4 is 17.7 Å². The van der Waals surface area contributed by atoms with Gasteiger partial charge < -0.3 is 14.8 Å². The molecule has 0 bridgehead atoms. The van der Waals surface area contributed by atoms with E-state index < -0.39 is 11.7 Å². The Balaban J connectivity index is 1.77. The first-order valence-corrected chi connectivity index (χ1v) is 9.71. The van der Waals surface area contributed by atoms with Gasteiger partial charge in [-0.2, -0.15) is 5.26 Å². The number of carbonyl (C=O) groups is 1. The minimum absolute atomic E-state index is 0.0928. The Labute approximate surface area is 180 Å². The fourth-order valence-electron chi connectivity index (χ4n) is 2.78. The van der Waals surface area contributed by atoms with Crippen molar-refractivity contribution in [2.75, 3.05) is 11.9 Å². The van der Waals surface area contributed by atoms with Crippen LogP contribution in [0, 0.1) is 17.1 Å². The third kappa shape index (κ3) is 6.18. The molecule has 0 saturated carbocycles. The van der Waals surface area contributed by atoms with E-state index in [2.05, 4.69) is 5.32 Å². The van der Waals surface area contributed by atoms with Crippen LogP contribution in [0.25, 0.3) is 6.08 Å². The summed E-state index contributed by atoms with van der Waals surface area (Å²) in [5.74, 6) is 0.0871. The van der Waals surface area contributed by atoms with Gasteiger partial charge in [0, 0.05) is 5.69 Å². The van der Waals surface area contributed by atoms with Crippen LogP contribution in [0.15, 0.2) is 78.4 Å². The molecule has 1 N–H and O–H groups in total. The lowest BCUT2D eigenvalue weighted by atomic mass is 10.1. The minimum Gasteiger partial charge on any atom is -0.490 e. The topological polar surface area (TPSA) is 71.3 Å². The number of nitrogens with zero attached hydrogens (tertiary/aromatic N) is 1. The van der Waals surface area contributed by atoms with Crippen molar-refractivity contribution in [1.29, 1.82) is 5.26 Å². The molecule has 31 heavy (non-hydrogen) atoms. The lowest BCUT2D eigenvalue weighted by molar-refractivity contribution is -0.112. The number of anilines is 1. The Kier molecular flexibility index (Phi) is 7.39. The predicted octanol–water partition coefficient (Wildman–Crippen LogP) is 5.35. The van der Waals surface area contributed by atoms with Crippen molar-refractivity contribution in [2.24, 2.45) is 0 Å². The number of nitriles is 1. The molecule has 6 heteroatoms. The Morgan fingerprint density at radius 2 is 1.77 bits per heavy atom. The van der Waals surface area contributed by atoms with Gasteiger partial charge in [-0.05, 0) is 60.5 Å². The van der Waals surface area contributed by atoms with E-state index in [1.54, 1.807) is 18.2 Å². The summed E-state index contributed by atoms with van der Waals surface area (Å²) in [6.07, 6.45) is 1.46. The molecule has 0 aliphatic heterocycles. The van der Waals surface area contributed by atoms with Crippen molar-refractivity contribution < 1.29 is 18.7 Å². The van der Waals surface area contributed by atoms with Crippen LogP contribution in [0.1, 0.15) is 18.1 Å². The zero-order chi connectivity index (χ0) is 22.1. The van der Waals surface area contributed by atoms with Gasteiger partial charge in [0.05, 0.1) is 6.61 Å². The van der Waals surface area contributed by atoms with Crippen molar-refractivity contribution in [2.45, 2.75) is 13.5 Å². The molecular formula is C25H21FN2O3. The van der Waals surface area contributed by atoms with Gasteiger partial charge in [0.15, 0.2) is 11.5 Å². The maximum Gasteiger partial charge on any atom is 0.266 e. The molecule has 0 aliphatic rings. The van der Waals surface area contributed by atoms with Crippen LogP contribution >= 0.6 is 0 Å². The van der Waals surface area contributed by atoms with Crippen LogP contribution in [0.3, 0.4) is 0 Å². The summed E-state index contributed by atoms with van der Waals surface area (Å²) < 4.78 is 24.6. The number of rotatable bonds is 8. The standard InChI is InChI=1S/C25H21FN2O3/c1-2-30-24-15-19(8-13-23(24)31-17-18-6-4-3-5-7-18)14-20(16-27)25(29)28-22-11-9-21(26)10-12-22/h3-15H,2,17H2,1H3,(H,28,29)/b20-14-. The van der Waals surface area contributed by atoms with E-state index in [9.17, 15) is 14.4 Å². The predicted molar refractivity (Wildman–Crippen MR) is 117 cm³/mol. The van der Waals surface area contributed by atoms with Crippen LogP contribution in [0.5, 0.6) is 11.5 Å². The first kappa shape index (κ1) is 21.6. The molecular weight excluding hydrogens is 395 g/mol. The molecule has 3 aromatic carbocycles. The lowest BCUT2D eigenvalue weighted by Crippen LogP contribution is -2.13. The van der Waals surface area contributed by atoms with Crippen molar-refractivity contribution in [1.82, 2.24) is 0 Å². The van der Waals surface area contributed by atoms with E-state index in [-0.39, 0.29) is 5.57 Å². The summed E-state index contributed by atoms with van der Waals surface area (Å²) in [6.45, 7) is 2.69. The quantitative estimate of drug-likeness (QED) is 0.397. The number of hydrogen-bond donors (Lipinski definition) is 1.